The summed E-state index contributed by atoms with van der Waals surface area (Å²) in [7, 11) is 0. The number of carbonyl (C=O) groups excluding carboxylic acids is 1. The van der Waals surface area contributed by atoms with E-state index in [-0.39, 0.29) is 0 Å². The number of rotatable bonds is 5. The maximum atomic E-state index is 10.0. The number of carbonyl (C=O) groups is 1. The molecule has 0 aromatic carbocycles. The lowest BCUT2D eigenvalue weighted by atomic mass is 10.2. The van der Waals surface area contributed by atoms with Crippen LogP contribution in [-0.2, 0) is 9.53 Å². The minimum Gasteiger partial charge on any atom is -0.376 e. The van der Waals surface area contributed by atoms with Gasteiger partial charge in [0.15, 0.2) is 0 Å². The first kappa shape index (κ1) is 9.37. The molecule has 0 aliphatic heterocycles. The SMILES string of the molecule is C=C(C=O)COCC(C)C. The van der Waals surface area contributed by atoms with Crippen molar-refractivity contribution in [1.29, 1.82) is 0 Å². The third-order valence-electron chi connectivity index (χ3n) is 0.905. The Morgan fingerprint density at radius 2 is 2.30 bits per heavy atom. The van der Waals surface area contributed by atoms with Crippen LogP contribution in [-0.4, -0.2) is 19.5 Å². The van der Waals surface area contributed by atoms with Gasteiger partial charge in [-0.1, -0.05) is 20.4 Å². The monoisotopic (exact) mass is 142 g/mol. The molecule has 0 bridgehead atoms. The highest BCUT2D eigenvalue weighted by molar-refractivity contribution is 5.72. The summed E-state index contributed by atoms with van der Waals surface area (Å²) >= 11 is 0. The van der Waals surface area contributed by atoms with Crippen molar-refractivity contribution in [3.05, 3.63) is 12.2 Å². The van der Waals surface area contributed by atoms with Gasteiger partial charge in [0.1, 0.15) is 6.29 Å². The van der Waals surface area contributed by atoms with Crippen molar-refractivity contribution >= 4 is 6.29 Å². The molecule has 0 N–H and O–H groups in total. The van der Waals surface area contributed by atoms with Crippen LogP contribution in [0.1, 0.15) is 13.8 Å². The zero-order valence-corrected chi connectivity index (χ0v) is 6.59. The highest BCUT2D eigenvalue weighted by Gasteiger charge is 1.94. The minimum absolute atomic E-state index is 0.363. The summed E-state index contributed by atoms with van der Waals surface area (Å²) in [4.78, 5) is 10.0. The number of aldehydes is 1. The Morgan fingerprint density at radius 3 is 2.70 bits per heavy atom. The van der Waals surface area contributed by atoms with Gasteiger partial charge in [-0.15, -0.1) is 0 Å². The van der Waals surface area contributed by atoms with Gasteiger partial charge in [-0.25, -0.2) is 0 Å². The maximum absolute atomic E-state index is 10.0. The fourth-order valence-corrected chi connectivity index (χ4v) is 0.460. The van der Waals surface area contributed by atoms with Crippen LogP contribution in [0.4, 0.5) is 0 Å². The van der Waals surface area contributed by atoms with Crippen LogP contribution in [0.25, 0.3) is 0 Å². The fourth-order valence-electron chi connectivity index (χ4n) is 0.460. The van der Waals surface area contributed by atoms with Crippen molar-refractivity contribution in [1.82, 2.24) is 0 Å². The predicted octanol–water partition coefficient (Wildman–Crippen LogP) is 1.41. The zero-order valence-electron chi connectivity index (χ0n) is 6.59. The van der Waals surface area contributed by atoms with Gasteiger partial charge < -0.3 is 4.74 Å². The highest BCUT2D eigenvalue weighted by Crippen LogP contribution is 1.94. The molecule has 0 aromatic heterocycles. The molecular formula is C8H14O2. The van der Waals surface area contributed by atoms with Crippen LogP contribution >= 0.6 is 0 Å². The fraction of sp³-hybridized carbons (Fsp3) is 0.625. The Kier molecular flexibility index (Phi) is 4.85. The van der Waals surface area contributed by atoms with Gasteiger partial charge in [-0.3, -0.25) is 4.79 Å². The van der Waals surface area contributed by atoms with Crippen LogP contribution in [0.3, 0.4) is 0 Å². The molecule has 0 aliphatic rings. The second-order valence-electron chi connectivity index (χ2n) is 2.69. The molecule has 58 valence electrons. The molecule has 0 amide bonds. The van der Waals surface area contributed by atoms with E-state index < -0.39 is 0 Å². The number of hydrogen-bond donors (Lipinski definition) is 0. The first-order valence-electron chi connectivity index (χ1n) is 3.37. The number of hydrogen-bond acceptors (Lipinski definition) is 2. The smallest absolute Gasteiger partial charge is 0.147 e. The molecule has 0 spiro atoms. The van der Waals surface area contributed by atoms with E-state index >= 15 is 0 Å². The van der Waals surface area contributed by atoms with E-state index in [4.69, 9.17) is 4.74 Å². The Bertz CT molecular complexity index is 116. The van der Waals surface area contributed by atoms with E-state index in [2.05, 4.69) is 20.4 Å². The molecule has 2 nitrogen and oxygen atoms in total. The average Bonchev–Trinajstić information content (AvgIpc) is 1.87. The highest BCUT2D eigenvalue weighted by atomic mass is 16.5. The van der Waals surface area contributed by atoms with Gasteiger partial charge in [0.05, 0.1) is 6.61 Å². The summed E-state index contributed by atoms with van der Waals surface area (Å²) in [6.45, 7) is 8.65. The van der Waals surface area contributed by atoms with E-state index in [0.29, 0.717) is 24.7 Å². The maximum Gasteiger partial charge on any atom is 0.147 e. The zero-order chi connectivity index (χ0) is 7.98. The molecule has 2 heteroatoms. The summed E-state index contributed by atoms with van der Waals surface area (Å²) < 4.78 is 5.12. The molecule has 0 aliphatic carbocycles. The van der Waals surface area contributed by atoms with Crippen molar-refractivity contribution < 1.29 is 9.53 Å². The van der Waals surface area contributed by atoms with Crippen LogP contribution in [0, 0.1) is 5.92 Å². The van der Waals surface area contributed by atoms with Crippen molar-refractivity contribution in [3.8, 4) is 0 Å². The van der Waals surface area contributed by atoms with Gasteiger partial charge in [-0.05, 0) is 5.92 Å². The van der Waals surface area contributed by atoms with Crippen LogP contribution in [0.15, 0.2) is 12.2 Å². The Labute approximate surface area is 61.9 Å². The standard InChI is InChI=1S/C8H14O2/c1-7(2)5-10-6-8(3)4-9/h4,7H,3,5-6H2,1-2H3. The van der Waals surface area contributed by atoms with Gasteiger partial charge in [0.25, 0.3) is 0 Å². The van der Waals surface area contributed by atoms with E-state index in [1.807, 2.05) is 0 Å². The lowest BCUT2D eigenvalue weighted by molar-refractivity contribution is -0.105. The summed E-state index contributed by atoms with van der Waals surface area (Å²) in [5, 5.41) is 0. The van der Waals surface area contributed by atoms with Crippen molar-refractivity contribution in [2.75, 3.05) is 13.2 Å². The third kappa shape index (κ3) is 5.51. The minimum atomic E-state index is 0.363. The van der Waals surface area contributed by atoms with E-state index in [1.165, 1.54) is 0 Å². The van der Waals surface area contributed by atoms with Crippen LogP contribution in [0.2, 0.25) is 0 Å². The quantitative estimate of drug-likeness (QED) is 0.428. The van der Waals surface area contributed by atoms with Gasteiger partial charge >= 0.3 is 0 Å². The molecule has 0 aromatic rings. The van der Waals surface area contributed by atoms with Crippen LogP contribution < -0.4 is 0 Å². The Morgan fingerprint density at radius 1 is 1.70 bits per heavy atom. The molecule has 0 unspecified atom stereocenters. The molecule has 0 saturated carbocycles. The topological polar surface area (TPSA) is 26.3 Å². The van der Waals surface area contributed by atoms with Gasteiger partial charge in [-0.2, -0.15) is 0 Å². The average molecular weight is 142 g/mol. The van der Waals surface area contributed by atoms with E-state index in [0.717, 1.165) is 6.29 Å². The molecule has 0 atom stereocenters. The summed E-state index contributed by atoms with van der Waals surface area (Å²) in [6.07, 6.45) is 0.723. The largest absolute Gasteiger partial charge is 0.376 e. The summed E-state index contributed by atoms with van der Waals surface area (Å²) in [5.74, 6) is 0.513. The summed E-state index contributed by atoms with van der Waals surface area (Å²) in [6, 6.07) is 0. The van der Waals surface area contributed by atoms with Crippen LogP contribution in [0.5, 0.6) is 0 Å². The van der Waals surface area contributed by atoms with Crippen molar-refractivity contribution in [2.45, 2.75) is 13.8 Å². The van der Waals surface area contributed by atoms with Crippen molar-refractivity contribution in [3.63, 3.8) is 0 Å². The lowest BCUT2D eigenvalue weighted by Crippen LogP contribution is -2.04. The molecule has 0 rings (SSSR count). The third-order valence-corrected chi connectivity index (χ3v) is 0.905. The molecular weight excluding hydrogens is 128 g/mol. The van der Waals surface area contributed by atoms with Gasteiger partial charge in [0.2, 0.25) is 0 Å². The molecule has 0 saturated heterocycles. The van der Waals surface area contributed by atoms with E-state index in [1.54, 1.807) is 0 Å². The second-order valence-corrected chi connectivity index (χ2v) is 2.69. The van der Waals surface area contributed by atoms with Crippen molar-refractivity contribution in [2.24, 2.45) is 5.92 Å². The van der Waals surface area contributed by atoms with Gasteiger partial charge in [0, 0.05) is 12.2 Å². The number of ether oxygens (including phenoxy) is 1. The first-order valence-corrected chi connectivity index (χ1v) is 3.37. The molecule has 0 fully saturated rings. The predicted molar refractivity (Wildman–Crippen MR) is 40.9 cm³/mol. The first-order chi connectivity index (χ1) is 4.66. The molecule has 0 heterocycles. The normalized spacial score (nSPS) is 9.90. The van der Waals surface area contributed by atoms with E-state index in [9.17, 15) is 4.79 Å². The second kappa shape index (κ2) is 5.18. The summed E-state index contributed by atoms with van der Waals surface area (Å²) in [5.41, 5.74) is 0.501. The molecule has 0 radical (unpaired) electrons. The lowest BCUT2D eigenvalue weighted by Gasteiger charge is -2.04. The Hall–Kier alpha value is -0.630. The Balaban J connectivity index is 3.19. The molecule has 10 heavy (non-hydrogen) atoms.